The maximum absolute atomic E-state index is 12.9. The third kappa shape index (κ3) is 8.70. The number of benzene rings is 3. The minimum atomic E-state index is -4.75. The molecule has 4 aromatic rings. The number of halogens is 3. The van der Waals surface area contributed by atoms with Gasteiger partial charge in [0.1, 0.15) is 12.1 Å². The Morgan fingerprint density at radius 3 is 2.54 bits per heavy atom. The molecule has 1 fully saturated rings. The van der Waals surface area contributed by atoms with Crippen LogP contribution in [-0.2, 0) is 4.79 Å². The molecule has 1 aromatic heterocycles. The standard InChI is InChI=1S/C35H35F3N6O2S2/c1-21(2)29-16-9-22(3)17-30(29)44-31(45)19-48-34(44)41-33(47)40-24(5)23(4)10-11-25-7-6-8-26(18-25)32-39-20-43(42-32)27-12-14-28(15-13-27)46-35(36,37)38/h6-18,20-21,23-24H,19H2,1-5H3,(H,40,47)/b11-10+,41-34-. The highest BCUT2D eigenvalue weighted by atomic mass is 32.2. The summed E-state index contributed by atoms with van der Waals surface area (Å²) < 4.78 is 42.9. The predicted molar refractivity (Wildman–Crippen MR) is 190 cm³/mol. The second-order valence-corrected chi connectivity index (χ2v) is 13.1. The Bertz CT molecular complexity index is 1850. The molecule has 2 atom stereocenters. The van der Waals surface area contributed by atoms with Gasteiger partial charge < -0.3 is 10.1 Å². The average Bonchev–Trinajstić information content (AvgIpc) is 3.66. The molecule has 2 heterocycles. The van der Waals surface area contributed by atoms with Crippen LogP contribution in [0.25, 0.3) is 23.2 Å². The molecule has 0 saturated carbocycles. The number of thioether (sulfide) groups is 1. The molecule has 3 aromatic carbocycles. The zero-order valence-corrected chi connectivity index (χ0v) is 28.7. The quantitative estimate of drug-likeness (QED) is 0.177. The molecule has 1 aliphatic rings. The third-order valence-electron chi connectivity index (χ3n) is 7.72. The van der Waals surface area contributed by atoms with Gasteiger partial charge in [-0.1, -0.05) is 75.0 Å². The van der Waals surface area contributed by atoms with Gasteiger partial charge in [-0.25, -0.2) is 9.67 Å². The van der Waals surface area contributed by atoms with Crippen molar-refractivity contribution in [3.05, 3.63) is 95.8 Å². The summed E-state index contributed by atoms with van der Waals surface area (Å²) in [6.07, 6.45) is 0.832. The van der Waals surface area contributed by atoms with Crippen molar-refractivity contribution in [2.75, 3.05) is 10.7 Å². The molecule has 0 radical (unpaired) electrons. The maximum atomic E-state index is 12.9. The summed E-state index contributed by atoms with van der Waals surface area (Å²) in [6, 6.07) is 19.2. The van der Waals surface area contributed by atoms with Gasteiger partial charge in [0, 0.05) is 11.6 Å². The van der Waals surface area contributed by atoms with Crippen molar-refractivity contribution in [1.82, 2.24) is 20.1 Å². The number of anilines is 1. The van der Waals surface area contributed by atoms with Crippen molar-refractivity contribution in [3.8, 4) is 22.8 Å². The molecule has 13 heteroatoms. The Kier molecular flexibility index (Phi) is 10.7. The van der Waals surface area contributed by atoms with Gasteiger partial charge in [-0.3, -0.25) is 9.69 Å². The van der Waals surface area contributed by atoms with Crippen molar-refractivity contribution in [3.63, 3.8) is 0 Å². The van der Waals surface area contributed by atoms with Crippen LogP contribution in [0.5, 0.6) is 5.75 Å². The van der Waals surface area contributed by atoms with Gasteiger partial charge in [0.25, 0.3) is 0 Å². The number of amides is 1. The lowest BCUT2D eigenvalue weighted by Crippen LogP contribution is -2.36. The first kappa shape index (κ1) is 34.8. The van der Waals surface area contributed by atoms with E-state index in [9.17, 15) is 18.0 Å². The van der Waals surface area contributed by atoms with E-state index in [1.807, 2.05) is 50.3 Å². The van der Waals surface area contributed by atoms with E-state index in [-0.39, 0.29) is 29.5 Å². The van der Waals surface area contributed by atoms with Crippen molar-refractivity contribution in [2.45, 2.75) is 52.9 Å². The molecule has 0 aliphatic carbocycles. The Labute approximate surface area is 287 Å². The second-order valence-electron chi connectivity index (χ2n) is 11.8. The average molecular weight is 693 g/mol. The van der Waals surface area contributed by atoms with Gasteiger partial charge in [0.2, 0.25) is 5.91 Å². The number of amidine groups is 1. The SMILES string of the molecule is Cc1ccc(C(C)C)c(N2C(=O)CS/C2=N\C(=S)NC(C)C(C)/C=C/c2cccc(-c3ncn(-c4ccc(OC(F)(F)F)cc4)n3)c2)c1. The van der Waals surface area contributed by atoms with Crippen LogP contribution in [-0.4, -0.2) is 49.1 Å². The van der Waals surface area contributed by atoms with E-state index in [0.717, 1.165) is 27.9 Å². The zero-order valence-electron chi connectivity index (χ0n) is 27.0. The summed E-state index contributed by atoms with van der Waals surface area (Å²) in [5.41, 5.74) is 5.26. The molecule has 0 bridgehead atoms. The summed E-state index contributed by atoms with van der Waals surface area (Å²) in [4.78, 5) is 23.7. The van der Waals surface area contributed by atoms with E-state index in [0.29, 0.717) is 27.5 Å². The number of thiocarbonyl (C=S) groups is 1. The van der Waals surface area contributed by atoms with E-state index >= 15 is 0 Å². The fourth-order valence-electron chi connectivity index (χ4n) is 4.99. The maximum Gasteiger partial charge on any atom is 0.573 e. The Balaban J connectivity index is 1.22. The minimum Gasteiger partial charge on any atom is -0.406 e. The Hall–Kier alpha value is -4.49. The van der Waals surface area contributed by atoms with Crippen LogP contribution >= 0.6 is 24.0 Å². The fourth-order valence-corrected chi connectivity index (χ4v) is 6.19. The highest BCUT2D eigenvalue weighted by Gasteiger charge is 2.32. The fraction of sp³-hybridized carbons (Fsp3) is 0.286. The van der Waals surface area contributed by atoms with Gasteiger partial charge in [-0.05, 0) is 91.0 Å². The van der Waals surface area contributed by atoms with Gasteiger partial charge in [0.15, 0.2) is 16.1 Å². The lowest BCUT2D eigenvalue weighted by Gasteiger charge is -2.23. The molecule has 1 amide bonds. The van der Waals surface area contributed by atoms with Crippen molar-refractivity contribution < 1.29 is 22.7 Å². The minimum absolute atomic E-state index is 0.0174. The molecule has 5 rings (SSSR count). The van der Waals surface area contributed by atoms with E-state index in [4.69, 9.17) is 12.2 Å². The van der Waals surface area contributed by atoms with Crippen LogP contribution in [0, 0.1) is 12.8 Å². The van der Waals surface area contributed by atoms with Crippen molar-refractivity contribution >= 4 is 51.9 Å². The van der Waals surface area contributed by atoms with E-state index in [2.05, 4.69) is 64.1 Å². The number of aryl methyl sites for hydroxylation is 1. The smallest absolute Gasteiger partial charge is 0.406 e. The molecule has 2 unspecified atom stereocenters. The number of alkyl halides is 3. The molecule has 48 heavy (non-hydrogen) atoms. The third-order valence-corrected chi connectivity index (χ3v) is 8.85. The number of aromatic nitrogens is 3. The molecule has 1 aliphatic heterocycles. The highest BCUT2D eigenvalue weighted by Crippen LogP contribution is 2.34. The lowest BCUT2D eigenvalue weighted by atomic mass is 9.99. The van der Waals surface area contributed by atoms with Gasteiger partial charge in [-0.15, -0.1) is 18.3 Å². The number of hydrogen-bond donors (Lipinski definition) is 1. The largest absolute Gasteiger partial charge is 0.573 e. The number of ether oxygens (including phenoxy) is 1. The van der Waals surface area contributed by atoms with E-state index in [1.165, 1.54) is 47.0 Å². The number of hydrogen-bond acceptors (Lipinski definition) is 6. The lowest BCUT2D eigenvalue weighted by molar-refractivity contribution is -0.274. The highest BCUT2D eigenvalue weighted by molar-refractivity contribution is 8.15. The topological polar surface area (TPSA) is 84.6 Å². The predicted octanol–water partition coefficient (Wildman–Crippen LogP) is 8.31. The first-order valence-corrected chi connectivity index (χ1v) is 16.7. The molecule has 1 N–H and O–H groups in total. The van der Waals surface area contributed by atoms with Crippen LogP contribution in [0.15, 0.2) is 84.1 Å². The van der Waals surface area contributed by atoms with Crippen molar-refractivity contribution in [2.24, 2.45) is 10.9 Å². The van der Waals surface area contributed by atoms with Crippen LogP contribution in [0.2, 0.25) is 0 Å². The number of nitrogens with zero attached hydrogens (tertiary/aromatic N) is 5. The second kappa shape index (κ2) is 14.7. The number of carbonyl (C=O) groups excluding carboxylic acids is 1. The van der Waals surface area contributed by atoms with E-state index < -0.39 is 6.36 Å². The van der Waals surface area contributed by atoms with Gasteiger partial charge in [0.05, 0.1) is 17.1 Å². The number of aliphatic imine (C=N–C) groups is 1. The molecule has 0 spiro atoms. The summed E-state index contributed by atoms with van der Waals surface area (Å²) in [6.45, 7) is 10.3. The van der Waals surface area contributed by atoms with Crippen LogP contribution in [0.3, 0.4) is 0 Å². The normalized spacial score (nSPS) is 15.8. The van der Waals surface area contributed by atoms with Crippen LogP contribution in [0.4, 0.5) is 18.9 Å². The zero-order chi connectivity index (χ0) is 34.6. The number of rotatable bonds is 9. The summed E-state index contributed by atoms with van der Waals surface area (Å²) in [5.74, 6) is 0.766. The first-order valence-electron chi connectivity index (χ1n) is 15.3. The van der Waals surface area contributed by atoms with Gasteiger partial charge in [-0.2, -0.15) is 4.99 Å². The molecule has 8 nitrogen and oxygen atoms in total. The van der Waals surface area contributed by atoms with Crippen LogP contribution < -0.4 is 15.0 Å². The number of carbonyl (C=O) groups is 1. The van der Waals surface area contributed by atoms with Gasteiger partial charge >= 0.3 is 6.36 Å². The molecular weight excluding hydrogens is 658 g/mol. The first-order chi connectivity index (χ1) is 22.8. The summed E-state index contributed by atoms with van der Waals surface area (Å²) >= 11 is 6.99. The summed E-state index contributed by atoms with van der Waals surface area (Å²) in [7, 11) is 0. The van der Waals surface area contributed by atoms with Crippen molar-refractivity contribution in [1.29, 1.82) is 0 Å². The Morgan fingerprint density at radius 1 is 1.08 bits per heavy atom. The molecule has 1 saturated heterocycles. The van der Waals surface area contributed by atoms with E-state index in [1.54, 1.807) is 4.90 Å². The Morgan fingerprint density at radius 2 is 1.83 bits per heavy atom. The number of nitrogens with one attached hydrogen (secondary N) is 1. The van der Waals surface area contributed by atoms with Crippen LogP contribution in [0.1, 0.15) is 50.3 Å². The monoisotopic (exact) mass is 692 g/mol. The molecule has 250 valence electrons. The molecular formula is C35H35F3N6O2S2. The summed E-state index contributed by atoms with van der Waals surface area (Å²) in [5, 5.41) is 8.68.